The van der Waals surface area contributed by atoms with Gasteiger partial charge in [-0.15, -0.1) is 0 Å². The molecule has 1 aliphatic heterocycles. The first kappa shape index (κ1) is 23.4. The largest absolute Gasteiger partial charge is 0.493 e. The van der Waals surface area contributed by atoms with Crippen molar-refractivity contribution in [3.8, 4) is 5.75 Å². The minimum Gasteiger partial charge on any atom is -0.493 e. The SMILES string of the molecule is Cc1cc(Cl)ccc1OCCCC(=O)N1CCN(S(=O)(=O)c2ccc(F)c(F)c2)CC1. The van der Waals surface area contributed by atoms with Gasteiger partial charge in [0.05, 0.1) is 11.5 Å². The Morgan fingerprint density at radius 1 is 1.06 bits per heavy atom. The summed E-state index contributed by atoms with van der Waals surface area (Å²) in [4.78, 5) is 13.7. The number of hydrogen-bond acceptors (Lipinski definition) is 4. The van der Waals surface area contributed by atoms with Crippen molar-refractivity contribution < 1.29 is 26.7 Å². The second-order valence-corrected chi connectivity index (χ2v) is 9.60. The lowest BCUT2D eigenvalue weighted by molar-refractivity contribution is -0.132. The molecular weight excluding hydrogens is 450 g/mol. The van der Waals surface area contributed by atoms with Crippen LogP contribution in [0.25, 0.3) is 0 Å². The lowest BCUT2D eigenvalue weighted by Gasteiger charge is -2.34. The van der Waals surface area contributed by atoms with Crippen molar-refractivity contribution in [2.75, 3.05) is 32.8 Å². The summed E-state index contributed by atoms with van der Waals surface area (Å²) in [5.41, 5.74) is 0.914. The predicted molar refractivity (Wildman–Crippen MR) is 113 cm³/mol. The van der Waals surface area contributed by atoms with E-state index in [0.29, 0.717) is 29.9 Å². The minimum atomic E-state index is -3.95. The number of carbonyl (C=O) groups is 1. The van der Waals surface area contributed by atoms with E-state index < -0.39 is 21.7 Å². The van der Waals surface area contributed by atoms with E-state index in [1.807, 2.05) is 6.92 Å². The Kier molecular flexibility index (Phi) is 7.51. The number of halogens is 3. The number of sulfonamides is 1. The molecule has 1 saturated heterocycles. The molecule has 10 heteroatoms. The third-order valence-corrected chi connectivity index (χ3v) is 7.18. The van der Waals surface area contributed by atoms with Crippen LogP contribution in [0.3, 0.4) is 0 Å². The molecule has 0 aliphatic carbocycles. The normalized spacial score (nSPS) is 15.2. The maximum atomic E-state index is 13.4. The quantitative estimate of drug-likeness (QED) is 0.577. The molecule has 1 heterocycles. The summed E-state index contributed by atoms with van der Waals surface area (Å²) >= 11 is 5.91. The Labute approximate surface area is 185 Å². The van der Waals surface area contributed by atoms with Crippen LogP contribution in [-0.2, 0) is 14.8 Å². The summed E-state index contributed by atoms with van der Waals surface area (Å²) < 4.78 is 58.6. The maximum Gasteiger partial charge on any atom is 0.243 e. The monoisotopic (exact) mass is 472 g/mol. The van der Waals surface area contributed by atoms with Crippen molar-refractivity contribution in [2.45, 2.75) is 24.7 Å². The summed E-state index contributed by atoms with van der Waals surface area (Å²) in [5.74, 6) is -1.69. The first-order valence-electron chi connectivity index (χ1n) is 9.80. The van der Waals surface area contributed by atoms with Crippen LogP contribution in [0.2, 0.25) is 5.02 Å². The molecule has 0 spiro atoms. The van der Waals surface area contributed by atoms with E-state index in [1.165, 1.54) is 4.31 Å². The van der Waals surface area contributed by atoms with Crippen LogP contribution in [0.1, 0.15) is 18.4 Å². The van der Waals surface area contributed by atoms with Crippen molar-refractivity contribution >= 4 is 27.5 Å². The van der Waals surface area contributed by atoms with Crippen molar-refractivity contribution in [3.05, 3.63) is 58.6 Å². The third-order valence-electron chi connectivity index (χ3n) is 5.05. The summed E-state index contributed by atoms with van der Waals surface area (Å²) in [7, 11) is -3.95. The number of nitrogens with zero attached hydrogens (tertiary/aromatic N) is 2. The van der Waals surface area contributed by atoms with Gasteiger partial charge in [-0.2, -0.15) is 4.31 Å². The molecule has 1 amide bonds. The molecule has 2 aromatic carbocycles. The molecule has 31 heavy (non-hydrogen) atoms. The number of rotatable bonds is 7. The van der Waals surface area contributed by atoms with Crippen LogP contribution in [0, 0.1) is 18.6 Å². The molecule has 0 atom stereocenters. The van der Waals surface area contributed by atoms with Gasteiger partial charge in [0.1, 0.15) is 5.75 Å². The van der Waals surface area contributed by atoms with Gasteiger partial charge < -0.3 is 9.64 Å². The zero-order valence-corrected chi connectivity index (χ0v) is 18.6. The van der Waals surface area contributed by atoms with Gasteiger partial charge in [0.2, 0.25) is 15.9 Å². The zero-order chi connectivity index (χ0) is 22.6. The number of piperazine rings is 1. The topological polar surface area (TPSA) is 66.9 Å². The van der Waals surface area contributed by atoms with Crippen LogP contribution >= 0.6 is 11.6 Å². The number of aryl methyl sites for hydroxylation is 1. The van der Waals surface area contributed by atoms with E-state index in [0.717, 1.165) is 17.7 Å². The number of amides is 1. The van der Waals surface area contributed by atoms with Crippen molar-refractivity contribution in [3.63, 3.8) is 0 Å². The lowest BCUT2D eigenvalue weighted by atomic mass is 10.2. The van der Waals surface area contributed by atoms with Crippen LogP contribution < -0.4 is 4.74 Å². The highest BCUT2D eigenvalue weighted by molar-refractivity contribution is 7.89. The summed E-state index contributed by atoms with van der Waals surface area (Å²) in [5, 5.41) is 0.630. The van der Waals surface area contributed by atoms with Gasteiger partial charge in [0.25, 0.3) is 0 Å². The second-order valence-electron chi connectivity index (χ2n) is 7.22. The highest BCUT2D eigenvalue weighted by Gasteiger charge is 2.30. The molecule has 0 unspecified atom stereocenters. The first-order chi connectivity index (χ1) is 14.7. The van der Waals surface area contributed by atoms with E-state index in [9.17, 15) is 22.0 Å². The smallest absolute Gasteiger partial charge is 0.243 e. The molecule has 0 bridgehead atoms. The highest BCUT2D eigenvalue weighted by atomic mass is 35.5. The van der Waals surface area contributed by atoms with Gasteiger partial charge in [-0.05, 0) is 55.3 Å². The molecular formula is C21H23ClF2N2O4S. The average Bonchev–Trinajstić information content (AvgIpc) is 2.74. The fourth-order valence-corrected chi connectivity index (χ4v) is 4.96. The van der Waals surface area contributed by atoms with Gasteiger partial charge in [0.15, 0.2) is 11.6 Å². The van der Waals surface area contributed by atoms with Gasteiger partial charge in [-0.3, -0.25) is 4.79 Å². The molecule has 0 N–H and O–H groups in total. The Hall–Kier alpha value is -2.23. The Morgan fingerprint density at radius 3 is 2.42 bits per heavy atom. The van der Waals surface area contributed by atoms with E-state index in [-0.39, 0.29) is 43.4 Å². The van der Waals surface area contributed by atoms with Crippen LogP contribution in [0.5, 0.6) is 5.75 Å². The molecule has 1 fully saturated rings. The minimum absolute atomic E-state index is 0.0821. The number of ether oxygens (including phenoxy) is 1. The van der Waals surface area contributed by atoms with E-state index in [4.69, 9.17) is 16.3 Å². The van der Waals surface area contributed by atoms with Crippen molar-refractivity contribution in [1.82, 2.24) is 9.21 Å². The number of benzene rings is 2. The second kappa shape index (κ2) is 9.93. The average molecular weight is 473 g/mol. The molecule has 0 aromatic heterocycles. The van der Waals surface area contributed by atoms with E-state index in [1.54, 1.807) is 23.1 Å². The molecule has 6 nitrogen and oxygen atoms in total. The van der Waals surface area contributed by atoms with Crippen molar-refractivity contribution in [2.24, 2.45) is 0 Å². The standard InChI is InChI=1S/C21H23ClF2N2O4S/c1-15-13-16(22)4-7-20(15)30-12-2-3-21(27)25-8-10-26(11-9-25)31(28,29)17-5-6-18(23)19(24)14-17/h4-7,13-14H,2-3,8-12H2,1H3. The Bertz CT molecular complexity index is 1060. The van der Waals surface area contributed by atoms with Crippen LogP contribution in [0.4, 0.5) is 8.78 Å². The molecule has 1 aliphatic rings. The molecule has 0 saturated carbocycles. The third kappa shape index (κ3) is 5.72. The van der Waals surface area contributed by atoms with Crippen LogP contribution in [-0.4, -0.2) is 56.3 Å². The highest BCUT2D eigenvalue weighted by Crippen LogP contribution is 2.22. The van der Waals surface area contributed by atoms with Gasteiger partial charge >= 0.3 is 0 Å². The first-order valence-corrected chi connectivity index (χ1v) is 11.6. The van der Waals surface area contributed by atoms with E-state index >= 15 is 0 Å². The zero-order valence-electron chi connectivity index (χ0n) is 17.0. The summed E-state index contributed by atoms with van der Waals surface area (Å²) in [6.07, 6.45) is 0.802. The van der Waals surface area contributed by atoms with Gasteiger partial charge in [-0.1, -0.05) is 11.6 Å². The van der Waals surface area contributed by atoms with E-state index in [2.05, 4.69) is 0 Å². The fourth-order valence-electron chi connectivity index (χ4n) is 3.30. The lowest BCUT2D eigenvalue weighted by Crippen LogP contribution is -2.50. The summed E-state index contributed by atoms with van der Waals surface area (Å²) in [6, 6.07) is 7.82. The fraction of sp³-hybridized carbons (Fsp3) is 0.381. The Morgan fingerprint density at radius 2 is 1.77 bits per heavy atom. The molecule has 168 valence electrons. The van der Waals surface area contributed by atoms with Crippen molar-refractivity contribution in [1.29, 1.82) is 0 Å². The Balaban J connectivity index is 1.46. The summed E-state index contributed by atoms with van der Waals surface area (Å²) in [6.45, 7) is 2.91. The molecule has 0 radical (unpaired) electrons. The predicted octanol–water partition coefficient (Wildman–Crippen LogP) is 3.62. The maximum absolute atomic E-state index is 13.4. The van der Waals surface area contributed by atoms with Crippen LogP contribution in [0.15, 0.2) is 41.3 Å². The van der Waals surface area contributed by atoms with Gasteiger partial charge in [0, 0.05) is 37.6 Å². The van der Waals surface area contributed by atoms with Gasteiger partial charge in [-0.25, -0.2) is 17.2 Å². The molecule has 2 aromatic rings. The molecule has 3 rings (SSSR count). The number of carbonyl (C=O) groups excluding carboxylic acids is 1. The number of hydrogen-bond donors (Lipinski definition) is 0.